The lowest BCUT2D eigenvalue weighted by atomic mass is 10.2. The van der Waals surface area contributed by atoms with E-state index in [-0.39, 0.29) is 12.4 Å². The second-order valence-electron chi connectivity index (χ2n) is 2.47. The van der Waals surface area contributed by atoms with E-state index in [9.17, 15) is 9.46 Å². The molecule has 1 rings (SSSR count). The van der Waals surface area contributed by atoms with Crippen LogP contribution in [-0.4, -0.2) is 11.7 Å². The van der Waals surface area contributed by atoms with Crippen LogP contribution in [0.25, 0.3) is 0 Å². The number of benzene rings is 1. The number of rotatable bonds is 4. The highest BCUT2D eigenvalue weighted by Crippen LogP contribution is 2.12. The van der Waals surface area contributed by atoms with Crippen LogP contribution in [0.1, 0.15) is 5.56 Å². The highest BCUT2D eigenvalue weighted by Gasteiger charge is 2.01. The summed E-state index contributed by atoms with van der Waals surface area (Å²) in [6.45, 7) is 0.142. The standard InChI is InChI=1S/C8H9O4P/c9-8-3-1-7(2-4-8)5-6-12-13(10)11/h1-4,9H,5-6H2. The smallest absolute Gasteiger partial charge is 0.488 e. The van der Waals surface area contributed by atoms with Gasteiger partial charge in [-0.05, 0) is 22.3 Å². The largest absolute Gasteiger partial charge is 0.566 e. The third-order valence-electron chi connectivity index (χ3n) is 1.52. The van der Waals surface area contributed by atoms with Crippen molar-refractivity contribution in [1.29, 1.82) is 0 Å². The molecule has 0 aliphatic heterocycles. The van der Waals surface area contributed by atoms with Crippen molar-refractivity contribution in [2.45, 2.75) is 6.42 Å². The van der Waals surface area contributed by atoms with Crippen molar-refractivity contribution < 1.29 is 19.1 Å². The third-order valence-corrected chi connectivity index (χ3v) is 1.92. The van der Waals surface area contributed by atoms with E-state index >= 15 is 0 Å². The zero-order valence-electron chi connectivity index (χ0n) is 6.84. The first-order chi connectivity index (χ1) is 6.18. The van der Waals surface area contributed by atoms with Crippen LogP contribution in [0, 0.1) is 0 Å². The Kier molecular flexibility index (Phi) is 3.83. The highest BCUT2D eigenvalue weighted by atomic mass is 31.1. The van der Waals surface area contributed by atoms with Crippen LogP contribution in [0.4, 0.5) is 0 Å². The average Bonchev–Trinajstić information content (AvgIpc) is 2.08. The molecule has 4 nitrogen and oxygen atoms in total. The van der Waals surface area contributed by atoms with Crippen molar-refractivity contribution in [3.63, 3.8) is 0 Å². The second kappa shape index (κ2) is 4.92. The van der Waals surface area contributed by atoms with Gasteiger partial charge in [-0.3, -0.25) is 0 Å². The lowest BCUT2D eigenvalue weighted by Gasteiger charge is -1.97. The Morgan fingerprint density at radius 2 is 2.00 bits per heavy atom. The first kappa shape index (κ1) is 10.1. The summed E-state index contributed by atoms with van der Waals surface area (Å²) in [5.74, 6) is 0.194. The van der Waals surface area contributed by atoms with Crippen LogP contribution in [0.5, 0.6) is 5.75 Å². The Bertz CT molecular complexity index is 283. The molecule has 0 heterocycles. The van der Waals surface area contributed by atoms with E-state index in [1.807, 2.05) is 0 Å². The molecular weight excluding hydrogens is 191 g/mol. The fourth-order valence-corrected chi connectivity index (χ4v) is 1.14. The monoisotopic (exact) mass is 200 g/mol. The fourth-order valence-electron chi connectivity index (χ4n) is 0.901. The Balaban J connectivity index is 2.37. The molecule has 1 atom stereocenters. The number of aromatic hydroxyl groups is 1. The molecule has 0 amide bonds. The van der Waals surface area contributed by atoms with Crippen molar-refractivity contribution in [2.24, 2.45) is 0 Å². The van der Waals surface area contributed by atoms with Gasteiger partial charge in [0, 0.05) is 6.42 Å². The summed E-state index contributed by atoms with van der Waals surface area (Å²) in [6, 6.07) is 6.53. The zero-order chi connectivity index (χ0) is 9.68. The van der Waals surface area contributed by atoms with Gasteiger partial charge in [0.1, 0.15) is 12.4 Å². The Labute approximate surface area is 76.7 Å². The zero-order valence-corrected chi connectivity index (χ0v) is 7.74. The SMILES string of the molecule is O=[P+]([O-])OCCc1ccc(O)cc1. The van der Waals surface area contributed by atoms with Gasteiger partial charge in [-0.15, -0.1) is 4.52 Å². The molecule has 0 bridgehead atoms. The third kappa shape index (κ3) is 3.99. The molecule has 1 aromatic carbocycles. The summed E-state index contributed by atoms with van der Waals surface area (Å²) in [7, 11) is -2.75. The molecule has 0 fully saturated rings. The predicted octanol–water partition coefficient (Wildman–Crippen LogP) is 0.969. The average molecular weight is 200 g/mol. The number of hydrogen-bond donors (Lipinski definition) is 1. The maximum Gasteiger partial charge on any atom is 0.488 e. The normalized spacial score (nSPS) is 11.3. The van der Waals surface area contributed by atoms with E-state index in [1.165, 1.54) is 0 Å². The molecule has 0 saturated carbocycles. The fraction of sp³-hybridized carbons (Fsp3) is 0.250. The summed E-state index contributed by atoms with van der Waals surface area (Å²) in [4.78, 5) is 10.0. The maximum absolute atomic E-state index is 10.0. The lowest BCUT2D eigenvalue weighted by Crippen LogP contribution is -1.97. The molecular formula is C8H9O4P. The van der Waals surface area contributed by atoms with Crippen molar-refractivity contribution in [1.82, 2.24) is 0 Å². The van der Waals surface area contributed by atoms with Crippen molar-refractivity contribution in [2.75, 3.05) is 6.61 Å². The second-order valence-corrected chi connectivity index (χ2v) is 3.18. The van der Waals surface area contributed by atoms with E-state index in [0.717, 1.165) is 5.56 Å². The van der Waals surface area contributed by atoms with E-state index in [1.54, 1.807) is 24.3 Å². The molecule has 0 aromatic heterocycles. The molecule has 0 aliphatic carbocycles. The number of phenols is 1. The van der Waals surface area contributed by atoms with Gasteiger partial charge in [-0.2, -0.15) is 0 Å². The van der Waals surface area contributed by atoms with Crippen LogP contribution in [0.15, 0.2) is 24.3 Å². The van der Waals surface area contributed by atoms with Gasteiger partial charge >= 0.3 is 8.25 Å². The Morgan fingerprint density at radius 1 is 1.38 bits per heavy atom. The minimum Gasteiger partial charge on any atom is -0.566 e. The van der Waals surface area contributed by atoms with Gasteiger partial charge in [0.25, 0.3) is 0 Å². The molecule has 0 radical (unpaired) electrons. The topological polar surface area (TPSA) is 69.6 Å². The molecule has 0 spiro atoms. The van der Waals surface area contributed by atoms with Gasteiger partial charge < -0.3 is 10.00 Å². The predicted molar refractivity (Wildman–Crippen MR) is 45.4 cm³/mol. The van der Waals surface area contributed by atoms with Crippen molar-refractivity contribution >= 4 is 8.25 Å². The van der Waals surface area contributed by atoms with Gasteiger partial charge in [-0.25, -0.2) is 0 Å². The van der Waals surface area contributed by atoms with E-state index in [2.05, 4.69) is 4.52 Å². The number of hydrogen-bond acceptors (Lipinski definition) is 4. The first-order valence-corrected chi connectivity index (χ1v) is 4.83. The quantitative estimate of drug-likeness (QED) is 0.735. The Morgan fingerprint density at radius 3 is 2.54 bits per heavy atom. The van der Waals surface area contributed by atoms with Crippen molar-refractivity contribution in [3.05, 3.63) is 29.8 Å². The van der Waals surface area contributed by atoms with Crippen LogP contribution in [-0.2, 0) is 15.5 Å². The van der Waals surface area contributed by atoms with Crippen molar-refractivity contribution in [3.8, 4) is 5.75 Å². The summed E-state index contributed by atoms with van der Waals surface area (Å²) in [6.07, 6.45) is 0.517. The van der Waals surface area contributed by atoms with E-state index in [4.69, 9.17) is 5.11 Å². The molecule has 70 valence electrons. The van der Waals surface area contributed by atoms with Gasteiger partial charge in [0.15, 0.2) is 0 Å². The highest BCUT2D eigenvalue weighted by molar-refractivity contribution is 7.30. The first-order valence-electron chi connectivity index (χ1n) is 3.73. The molecule has 0 saturated heterocycles. The minimum absolute atomic E-state index is 0.142. The summed E-state index contributed by atoms with van der Waals surface area (Å²) in [5.41, 5.74) is 0.926. The van der Waals surface area contributed by atoms with Crippen LogP contribution < -0.4 is 4.89 Å². The van der Waals surface area contributed by atoms with Crippen LogP contribution in [0.2, 0.25) is 0 Å². The van der Waals surface area contributed by atoms with Crippen LogP contribution >= 0.6 is 8.25 Å². The molecule has 1 unspecified atom stereocenters. The van der Waals surface area contributed by atoms with E-state index in [0.29, 0.717) is 6.42 Å². The summed E-state index contributed by atoms with van der Waals surface area (Å²) < 4.78 is 14.4. The molecule has 5 heteroatoms. The van der Waals surface area contributed by atoms with Gasteiger partial charge in [0.2, 0.25) is 0 Å². The van der Waals surface area contributed by atoms with Gasteiger partial charge in [0.05, 0.1) is 0 Å². The molecule has 0 aliphatic rings. The summed E-state index contributed by atoms with van der Waals surface area (Å²) >= 11 is 0. The molecule has 1 aromatic rings. The van der Waals surface area contributed by atoms with Gasteiger partial charge in [-0.1, -0.05) is 12.1 Å². The minimum atomic E-state index is -2.75. The Hall–Kier alpha value is -0.960. The van der Waals surface area contributed by atoms with E-state index < -0.39 is 8.25 Å². The summed E-state index contributed by atoms with van der Waals surface area (Å²) in [5, 5.41) is 8.94. The maximum atomic E-state index is 10.0. The molecule has 1 N–H and O–H groups in total. The van der Waals surface area contributed by atoms with Crippen LogP contribution in [0.3, 0.4) is 0 Å². The lowest BCUT2D eigenvalue weighted by molar-refractivity contribution is -0.185. The molecule has 13 heavy (non-hydrogen) atoms. The number of phenolic OH excluding ortho intramolecular Hbond substituents is 1.